The number of nitrogens with one attached hydrogen (secondary N) is 1. The smallest absolute Gasteiger partial charge is 0.323 e. The van der Waals surface area contributed by atoms with E-state index < -0.39 is 5.54 Å². The van der Waals surface area contributed by atoms with Crippen LogP contribution < -0.4 is 5.32 Å². The summed E-state index contributed by atoms with van der Waals surface area (Å²) in [7, 11) is 0. The lowest BCUT2D eigenvalue weighted by atomic mass is 9.73. The third-order valence-electron chi connectivity index (χ3n) is 4.76. The Morgan fingerprint density at radius 2 is 2.00 bits per heavy atom. The average Bonchev–Trinajstić information content (AvgIpc) is 2.70. The quantitative estimate of drug-likeness (QED) is 0.830. The Hall–Kier alpha value is -1.36. The first-order valence-corrected chi connectivity index (χ1v) is 8.21. The molecule has 1 saturated heterocycles. The van der Waals surface area contributed by atoms with Crippen LogP contribution in [-0.4, -0.2) is 22.4 Å². The lowest BCUT2D eigenvalue weighted by Gasteiger charge is -2.36. The van der Waals surface area contributed by atoms with E-state index in [-0.39, 0.29) is 17.9 Å². The van der Waals surface area contributed by atoms with Gasteiger partial charge in [0.1, 0.15) is 5.54 Å². The van der Waals surface area contributed by atoms with E-state index in [1.165, 1.54) is 4.90 Å². The SMILES string of the molecule is C[C@H]1CCCC[C@@]12NC(=O)N(Cc1ccc(Br)cc1)C2=O. The second-order valence-electron chi connectivity index (χ2n) is 6.07. The molecule has 1 aliphatic heterocycles. The van der Waals surface area contributed by atoms with Crippen molar-refractivity contribution >= 4 is 27.9 Å². The number of imide groups is 1. The third-order valence-corrected chi connectivity index (χ3v) is 5.28. The predicted molar refractivity (Wildman–Crippen MR) is 83.6 cm³/mol. The Kier molecular flexibility index (Phi) is 3.78. The van der Waals surface area contributed by atoms with Gasteiger partial charge in [-0.15, -0.1) is 0 Å². The standard InChI is InChI=1S/C16H19BrN2O2/c1-11-4-2-3-9-16(11)14(20)19(15(21)18-16)10-12-5-7-13(17)8-6-12/h5-8,11H,2-4,9-10H2,1H3,(H,18,21)/t11-,16+/m0/s1. The van der Waals surface area contributed by atoms with E-state index in [0.717, 1.165) is 35.7 Å². The van der Waals surface area contributed by atoms with Gasteiger partial charge in [-0.25, -0.2) is 4.79 Å². The number of hydrogen-bond donors (Lipinski definition) is 1. The molecule has 2 atom stereocenters. The van der Waals surface area contributed by atoms with Crippen LogP contribution in [0.25, 0.3) is 0 Å². The molecular formula is C16H19BrN2O2. The Morgan fingerprint density at radius 3 is 2.67 bits per heavy atom. The highest BCUT2D eigenvalue weighted by atomic mass is 79.9. The second-order valence-corrected chi connectivity index (χ2v) is 6.98. The highest BCUT2D eigenvalue weighted by Gasteiger charge is 2.54. The van der Waals surface area contributed by atoms with Crippen molar-refractivity contribution in [3.63, 3.8) is 0 Å². The largest absolute Gasteiger partial charge is 0.325 e. The molecule has 0 radical (unpaired) electrons. The number of benzene rings is 1. The summed E-state index contributed by atoms with van der Waals surface area (Å²) in [6.07, 6.45) is 3.90. The monoisotopic (exact) mass is 350 g/mol. The lowest BCUT2D eigenvalue weighted by Crippen LogP contribution is -2.53. The Bertz CT molecular complexity index is 572. The van der Waals surface area contributed by atoms with Gasteiger partial charge in [0, 0.05) is 4.47 Å². The van der Waals surface area contributed by atoms with Crippen LogP contribution in [0.2, 0.25) is 0 Å². The summed E-state index contributed by atoms with van der Waals surface area (Å²) >= 11 is 3.39. The molecule has 1 saturated carbocycles. The molecule has 3 rings (SSSR count). The first-order chi connectivity index (χ1) is 10.0. The topological polar surface area (TPSA) is 49.4 Å². The summed E-state index contributed by atoms with van der Waals surface area (Å²) in [6, 6.07) is 7.45. The van der Waals surface area contributed by atoms with Crippen LogP contribution >= 0.6 is 15.9 Å². The molecule has 5 heteroatoms. The maximum Gasteiger partial charge on any atom is 0.325 e. The van der Waals surface area contributed by atoms with Crippen LogP contribution in [-0.2, 0) is 11.3 Å². The van der Waals surface area contributed by atoms with E-state index in [9.17, 15) is 9.59 Å². The molecule has 1 spiro atoms. The van der Waals surface area contributed by atoms with Crippen molar-refractivity contribution < 1.29 is 9.59 Å². The molecule has 21 heavy (non-hydrogen) atoms. The van der Waals surface area contributed by atoms with Crippen molar-refractivity contribution in [2.75, 3.05) is 0 Å². The molecule has 3 amide bonds. The van der Waals surface area contributed by atoms with E-state index in [1.54, 1.807) is 0 Å². The van der Waals surface area contributed by atoms with Crippen LogP contribution in [0.4, 0.5) is 4.79 Å². The van der Waals surface area contributed by atoms with Crippen molar-refractivity contribution in [2.24, 2.45) is 5.92 Å². The number of hydrogen-bond acceptors (Lipinski definition) is 2. The number of carbonyl (C=O) groups is 2. The maximum absolute atomic E-state index is 12.8. The first-order valence-electron chi connectivity index (χ1n) is 7.41. The number of carbonyl (C=O) groups excluding carboxylic acids is 2. The second kappa shape index (κ2) is 5.44. The van der Waals surface area contributed by atoms with E-state index in [2.05, 4.69) is 28.2 Å². The van der Waals surface area contributed by atoms with Crippen molar-refractivity contribution in [2.45, 2.75) is 44.7 Å². The fourth-order valence-corrected chi connectivity index (χ4v) is 3.68. The van der Waals surface area contributed by atoms with Crippen LogP contribution in [0.5, 0.6) is 0 Å². The number of halogens is 1. The van der Waals surface area contributed by atoms with Gasteiger partial charge in [-0.1, -0.05) is 47.8 Å². The van der Waals surface area contributed by atoms with Crippen LogP contribution in [0.15, 0.2) is 28.7 Å². The molecule has 112 valence electrons. The van der Waals surface area contributed by atoms with Crippen molar-refractivity contribution in [1.82, 2.24) is 10.2 Å². The van der Waals surface area contributed by atoms with E-state index in [1.807, 2.05) is 24.3 Å². The number of urea groups is 1. The zero-order valence-corrected chi connectivity index (χ0v) is 13.6. The Labute approximate surface area is 133 Å². The Morgan fingerprint density at radius 1 is 1.29 bits per heavy atom. The molecule has 1 heterocycles. The van der Waals surface area contributed by atoms with E-state index >= 15 is 0 Å². The molecule has 0 aromatic heterocycles. The summed E-state index contributed by atoms with van der Waals surface area (Å²) in [5.74, 6) is 0.153. The summed E-state index contributed by atoms with van der Waals surface area (Å²) in [4.78, 5) is 26.4. The van der Waals surface area contributed by atoms with Gasteiger partial charge in [0.2, 0.25) is 0 Å². The molecule has 2 fully saturated rings. The van der Waals surface area contributed by atoms with Gasteiger partial charge in [0.25, 0.3) is 5.91 Å². The van der Waals surface area contributed by atoms with Gasteiger partial charge in [0.15, 0.2) is 0 Å². The minimum absolute atomic E-state index is 0.0531. The summed E-state index contributed by atoms with van der Waals surface area (Å²) < 4.78 is 0.987. The Balaban J connectivity index is 1.82. The maximum atomic E-state index is 12.8. The van der Waals surface area contributed by atoms with Crippen molar-refractivity contribution in [3.05, 3.63) is 34.3 Å². The zero-order valence-electron chi connectivity index (χ0n) is 12.1. The molecular weight excluding hydrogens is 332 g/mol. The molecule has 1 aromatic carbocycles. The summed E-state index contributed by atoms with van der Waals surface area (Å²) in [6.45, 7) is 2.41. The fourth-order valence-electron chi connectivity index (χ4n) is 3.41. The molecule has 1 aromatic rings. The fraction of sp³-hybridized carbons (Fsp3) is 0.500. The third kappa shape index (κ3) is 2.48. The van der Waals surface area contributed by atoms with Crippen molar-refractivity contribution in [1.29, 1.82) is 0 Å². The van der Waals surface area contributed by atoms with E-state index in [4.69, 9.17) is 0 Å². The number of amides is 3. The summed E-state index contributed by atoms with van der Waals surface area (Å²) in [5.41, 5.74) is 0.298. The van der Waals surface area contributed by atoms with E-state index in [0.29, 0.717) is 6.54 Å². The normalized spacial score (nSPS) is 29.0. The van der Waals surface area contributed by atoms with Gasteiger partial charge in [0.05, 0.1) is 6.54 Å². The van der Waals surface area contributed by atoms with Crippen LogP contribution in [0.3, 0.4) is 0 Å². The average molecular weight is 351 g/mol. The summed E-state index contributed by atoms with van der Waals surface area (Å²) in [5, 5.41) is 2.98. The van der Waals surface area contributed by atoms with Crippen LogP contribution in [0.1, 0.15) is 38.2 Å². The minimum Gasteiger partial charge on any atom is -0.323 e. The molecule has 1 N–H and O–H groups in total. The van der Waals surface area contributed by atoms with Gasteiger partial charge in [-0.05, 0) is 36.5 Å². The molecule has 1 aliphatic carbocycles. The number of nitrogens with zero attached hydrogens (tertiary/aromatic N) is 1. The molecule has 0 unspecified atom stereocenters. The molecule has 2 aliphatic rings. The zero-order chi connectivity index (χ0) is 15.0. The predicted octanol–water partition coefficient (Wildman–Crippen LogP) is 3.45. The first kappa shape index (κ1) is 14.6. The molecule has 4 nitrogen and oxygen atoms in total. The highest BCUT2D eigenvalue weighted by molar-refractivity contribution is 9.10. The van der Waals surface area contributed by atoms with Gasteiger partial charge >= 0.3 is 6.03 Å². The lowest BCUT2D eigenvalue weighted by molar-refractivity contribution is -0.134. The number of rotatable bonds is 2. The van der Waals surface area contributed by atoms with Crippen molar-refractivity contribution in [3.8, 4) is 0 Å². The molecule has 0 bridgehead atoms. The highest BCUT2D eigenvalue weighted by Crippen LogP contribution is 2.38. The van der Waals surface area contributed by atoms with Crippen LogP contribution in [0, 0.1) is 5.92 Å². The van der Waals surface area contributed by atoms with Gasteiger partial charge < -0.3 is 5.32 Å². The minimum atomic E-state index is -0.662. The van der Waals surface area contributed by atoms with Gasteiger partial charge in [-0.3, -0.25) is 9.69 Å². The van der Waals surface area contributed by atoms with Gasteiger partial charge in [-0.2, -0.15) is 0 Å².